The highest BCUT2D eigenvalue weighted by Crippen LogP contribution is 2.45. The number of rotatable bonds is 5. The van der Waals surface area contributed by atoms with Gasteiger partial charge in [-0.3, -0.25) is 0 Å². The average Bonchev–Trinajstić information content (AvgIpc) is 1.60. The number of hydrogen-bond acceptors (Lipinski definition) is 3. The van der Waals surface area contributed by atoms with Crippen molar-refractivity contribution < 1.29 is 0 Å². The Hall–Kier alpha value is -8.35. The fourth-order valence-corrected chi connectivity index (χ4v) is 13.7. The molecule has 14 rings (SSSR count). The predicted molar refractivity (Wildman–Crippen MR) is 373 cm³/mol. The van der Waals surface area contributed by atoms with Gasteiger partial charge in [-0.05, 0) is 177 Å². The topological polar surface area (TPSA) is 48.5 Å². The fourth-order valence-electron chi connectivity index (χ4n) is 13.7. The molecule has 12 aromatic rings. The molecule has 0 fully saturated rings. The van der Waals surface area contributed by atoms with E-state index >= 15 is 0 Å². The van der Waals surface area contributed by atoms with Gasteiger partial charge in [-0.25, -0.2) is 15.0 Å². The minimum Gasteiger partial charge on any atom is -0.310 e. The molecule has 6 heteroatoms. The highest BCUT2D eigenvalue weighted by atomic mass is 15.1. The lowest BCUT2D eigenvalue weighted by Crippen LogP contribution is -2.59. The van der Waals surface area contributed by atoms with Crippen LogP contribution < -0.4 is 16.4 Å². The third kappa shape index (κ3) is 9.38. The van der Waals surface area contributed by atoms with Crippen molar-refractivity contribution in [3.8, 4) is 67.8 Å². The molecule has 5 nitrogen and oxygen atoms in total. The van der Waals surface area contributed by atoms with Crippen LogP contribution in [0.2, 0.25) is 0 Å². The van der Waals surface area contributed by atoms with E-state index in [1.807, 2.05) is 0 Å². The summed E-state index contributed by atoms with van der Waals surface area (Å²) in [5.41, 5.74) is 25.8. The van der Waals surface area contributed by atoms with Crippen molar-refractivity contribution in [1.82, 2.24) is 24.1 Å². The predicted octanol–water partition coefficient (Wildman–Crippen LogP) is 19.3. The van der Waals surface area contributed by atoms with Gasteiger partial charge in [0.15, 0.2) is 17.5 Å². The number of benzene rings is 9. The molecule has 0 amide bonds. The molecule has 2 aliphatic heterocycles. The van der Waals surface area contributed by atoms with Crippen molar-refractivity contribution >= 4 is 66.7 Å². The number of nitrogens with zero attached hydrogens (tertiary/aromatic N) is 5. The standard InChI is InChI=1S/C81H82BN5/c1-76(2,3)54-33-51(34-55(41-54)77(4,5)6)73-83-74(52-35-56(78(7,8)9)42-57(36-52)79(10,11)12)85-75(84-73)53-39-68-70-69(40-53)87-67-32-30-50(48-27-23-20-24-28-48)38-61(67)63-44-59(81(16,17)18)46-65(72(63)87)82(70)64-45-58(80(13,14)15)43-62-60-37-49(47-25-21-19-22-26-47)29-31-66(60)86(68)71(62)64/h19-46H,1-18H3. The quantitative estimate of drug-likeness (QED) is 0.161. The van der Waals surface area contributed by atoms with E-state index in [4.69, 9.17) is 15.0 Å². The van der Waals surface area contributed by atoms with E-state index in [1.54, 1.807) is 0 Å². The summed E-state index contributed by atoms with van der Waals surface area (Å²) in [5.74, 6) is 1.97. The lowest BCUT2D eigenvalue weighted by atomic mass is 9.34. The van der Waals surface area contributed by atoms with Crippen LogP contribution in [-0.2, 0) is 32.5 Å². The van der Waals surface area contributed by atoms with Gasteiger partial charge in [-0.15, -0.1) is 0 Å². The molecule has 0 saturated carbocycles. The van der Waals surface area contributed by atoms with Crippen LogP contribution in [0.15, 0.2) is 170 Å². The van der Waals surface area contributed by atoms with Crippen LogP contribution >= 0.6 is 0 Å². The zero-order valence-electron chi connectivity index (χ0n) is 54.5. The van der Waals surface area contributed by atoms with E-state index in [-0.39, 0.29) is 39.2 Å². The molecule has 9 aromatic carbocycles. The summed E-state index contributed by atoms with van der Waals surface area (Å²) in [6.07, 6.45) is 0. The second kappa shape index (κ2) is 19.1. The first kappa shape index (κ1) is 56.5. The van der Waals surface area contributed by atoms with Gasteiger partial charge in [0.25, 0.3) is 6.71 Å². The second-order valence-electron chi connectivity index (χ2n) is 31.6. The van der Waals surface area contributed by atoms with Gasteiger partial charge in [0.2, 0.25) is 0 Å². The van der Waals surface area contributed by atoms with Gasteiger partial charge in [-0.1, -0.05) is 222 Å². The monoisotopic (exact) mass is 1140 g/mol. The molecule has 0 unspecified atom stereocenters. The summed E-state index contributed by atoms with van der Waals surface area (Å²) in [6, 6.07) is 65.2. The van der Waals surface area contributed by atoms with Crippen LogP contribution in [0, 0.1) is 0 Å². The molecule has 434 valence electrons. The summed E-state index contributed by atoms with van der Waals surface area (Å²) < 4.78 is 5.23. The van der Waals surface area contributed by atoms with Crippen LogP contribution in [-0.4, -0.2) is 30.8 Å². The largest absolute Gasteiger partial charge is 0.310 e. The number of aromatic nitrogens is 5. The SMILES string of the molecule is CC(C)(C)c1cc(-c2nc(-c3cc(C(C)(C)C)cc(C(C)(C)C)c3)nc(-c3cc4c5c(c3)-n3c6ccc(-c7ccccc7)cc6c6cc(C(C)(C)C)cc(c63)B5c3cc(C(C)(C)C)cc5c6cc(-c7ccccc7)ccc6n-4c35)n2)cc(C(C)(C)C)c1. The number of hydrogen-bond donors (Lipinski definition) is 0. The molecule has 5 heterocycles. The van der Waals surface area contributed by atoms with E-state index in [1.165, 1.54) is 116 Å². The molecule has 0 spiro atoms. The molecule has 0 bridgehead atoms. The van der Waals surface area contributed by atoms with Crippen LogP contribution in [0.4, 0.5) is 0 Å². The van der Waals surface area contributed by atoms with Gasteiger partial charge in [0.1, 0.15) is 0 Å². The molecular formula is C81H82BN5. The van der Waals surface area contributed by atoms with E-state index < -0.39 is 0 Å². The molecule has 87 heavy (non-hydrogen) atoms. The molecular weight excluding hydrogens is 1050 g/mol. The molecule has 2 aliphatic rings. The minimum atomic E-state index is -0.128. The lowest BCUT2D eigenvalue weighted by molar-refractivity contribution is 0.568. The molecule has 3 aromatic heterocycles. The summed E-state index contributed by atoms with van der Waals surface area (Å²) in [6.45, 7) is 41.8. The third-order valence-corrected chi connectivity index (χ3v) is 19.0. The maximum absolute atomic E-state index is 5.76. The van der Waals surface area contributed by atoms with Gasteiger partial charge in [0, 0.05) is 60.6 Å². The molecule has 0 N–H and O–H groups in total. The smallest absolute Gasteiger partial charge is 0.252 e. The Labute approximate surface area is 516 Å². The Morgan fingerprint density at radius 1 is 0.276 bits per heavy atom. The molecule has 0 radical (unpaired) electrons. The van der Waals surface area contributed by atoms with Crippen LogP contribution in [0.25, 0.3) is 111 Å². The van der Waals surface area contributed by atoms with Gasteiger partial charge in [0.05, 0.1) is 11.0 Å². The molecule has 0 saturated heterocycles. The van der Waals surface area contributed by atoms with E-state index in [9.17, 15) is 0 Å². The first-order valence-electron chi connectivity index (χ1n) is 31.5. The fraction of sp³-hybridized carbons (Fsp3) is 0.296. The summed E-state index contributed by atoms with van der Waals surface area (Å²) in [4.78, 5) is 17.1. The lowest BCUT2D eigenvalue weighted by Gasteiger charge is -2.35. The Morgan fingerprint density at radius 3 is 0.908 bits per heavy atom. The normalized spacial score (nSPS) is 13.6. The first-order valence-corrected chi connectivity index (χ1v) is 31.5. The van der Waals surface area contributed by atoms with Crippen molar-refractivity contribution in [1.29, 1.82) is 0 Å². The Kier molecular flexibility index (Phi) is 12.4. The Balaban J connectivity index is 1.15. The molecule has 0 aliphatic carbocycles. The van der Waals surface area contributed by atoms with Gasteiger partial charge in [-0.2, -0.15) is 0 Å². The van der Waals surface area contributed by atoms with Crippen molar-refractivity contribution in [2.75, 3.05) is 0 Å². The molecule has 0 atom stereocenters. The summed E-state index contributed by atoms with van der Waals surface area (Å²) >= 11 is 0. The Morgan fingerprint density at radius 2 is 0.586 bits per heavy atom. The first-order chi connectivity index (χ1) is 40.9. The van der Waals surface area contributed by atoms with Crippen molar-refractivity contribution in [2.45, 2.75) is 157 Å². The third-order valence-electron chi connectivity index (χ3n) is 19.0. The van der Waals surface area contributed by atoms with Gasteiger partial charge >= 0.3 is 0 Å². The van der Waals surface area contributed by atoms with Crippen molar-refractivity contribution in [2.24, 2.45) is 0 Å². The zero-order valence-corrected chi connectivity index (χ0v) is 54.5. The van der Waals surface area contributed by atoms with Crippen LogP contribution in [0.3, 0.4) is 0 Å². The van der Waals surface area contributed by atoms with E-state index in [0.717, 1.165) is 28.1 Å². The van der Waals surface area contributed by atoms with Crippen LogP contribution in [0.5, 0.6) is 0 Å². The zero-order chi connectivity index (χ0) is 61.4. The highest BCUT2D eigenvalue weighted by Gasteiger charge is 2.43. The maximum Gasteiger partial charge on any atom is 0.252 e. The van der Waals surface area contributed by atoms with Gasteiger partial charge < -0.3 is 9.13 Å². The number of fused-ring (bicyclic) bond motifs is 10. The average molecular weight is 1140 g/mol. The summed E-state index contributed by atoms with van der Waals surface area (Å²) in [7, 11) is 0. The Bertz CT molecular complexity index is 4470. The minimum absolute atomic E-state index is 0.0918. The van der Waals surface area contributed by atoms with Crippen molar-refractivity contribution in [3.63, 3.8) is 0 Å². The van der Waals surface area contributed by atoms with E-state index in [2.05, 4.69) is 304 Å². The second-order valence-corrected chi connectivity index (χ2v) is 31.6. The van der Waals surface area contributed by atoms with Crippen molar-refractivity contribution in [3.05, 3.63) is 203 Å². The van der Waals surface area contributed by atoms with E-state index in [0.29, 0.717) is 17.5 Å². The van der Waals surface area contributed by atoms with Crippen LogP contribution in [0.1, 0.15) is 158 Å². The highest BCUT2D eigenvalue weighted by molar-refractivity contribution is 7.00. The maximum atomic E-state index is 5.76. The summed E-state index contributed by atoms with van der Waals surface area (Å²) in [5, 5.41) is 5.04.